The van der Waals surface area contributed by atoms with Gasteiger partial charge in [0.15, 0.2) is 5.60 Å². The van der Waals surface area contributed by atoms with Crippen molar-refractivity contribution >= 4 is 17.3 Å². The van der Waals surface area contributed by atoms with Crippen molar-refractivity contribution in [2.24, 2.45) is 0 Å². The van der Waals surface area contributed by atoms with Gasteiger partial charge in [-0.1, -0.05) is 0 Å². The first kappa shape index (κ1) is 12.6. The molecule has 0 radical (unpaired) electrons. The number of thiophene rings is 1. The van der Waals surface area contributed by atoms with Crippen molar-refractivity contribution in [3.05, 3.63) is 22.4 Å². The predicted molar refractivity (Wildman–Crippen MR) is 67.0 cm³/mol. The predicted octanol–water partition coefficient (Wildman–Crippen LogP) is 3.09. The van der Waals surface area contributed by atoms with E-state index in [1.54, 1.807) is 18.3 Å². The molecule has 1 aliphatic rings. The topological polar surface area (TPSA) is 38.8 Å². The van der Waals surface area contributed by atoms with Gasteiger partial charge in [-0.05, 0) is 57.0 Å². The molecule has 2 heterocycles. The molecule has 2 atom stereocenters. The molecule has 0 bridgehead atoms. The van der Waals surface area contributed by atoms with Gasteiger partial charge in [0.2, 0.25) is 0 Å². The van der Waals surface area contributed by atoms with Crippen molar-refractivity contribution in [1.82, 2.24) is 0 Å². The van der Waals surface area contributed by atoms with Crippen molar-refractivity contribution in [2.75, 3.05) is 0 Å². The summed E-state index contributed by atoms with van der Waals surface area (Å²) in [6.45, 7) is 9.30. The lowest BCUT2D eigenvalue weighted by atomic mass is 9.90. The standard InChI is InChI=1S/C13H18O3S/c1-11(2,3)15-10(14)13(5)12(4,16-13)9-6-7-17-8-9/h6-8H,1-5H3. The highest BCUT2D eigenvalue weighted by molar-refractivity contribution is 7.08. The van der Waals surface area contributed by atoms with Gasteiger partial charge in [-0.3, -0.25) is 0 Å². The normalized spacial score (nSPS) is 32.3. The summed E-state index contributed by atoms with van der Waals surface area (Å²) in [6.07, 6.45) is 0. The molecule has 2 rings (SSSR count). The lowest BCUT2D eigenvalue weighted by molar-refractivity contribution is -0.160. The number of epoxide rings is 1. The van der Waals surface area contributed by atoms with E-state index in [1.165, 1.54) is 0 Å². The van der Waals surface area contributed by atoms with E-state index in [0.29, 0.717) is 0 Å². The first-order chi connectivity index (χ1) is 7.69. The van der Waals surface area contributed by atoms with Crippen LogP contribution in [0.5, 0.6) is 0 Å². The van der Waals surface area contributed by atoms with Crippen molar-refractivity contribution in [3.8, 4) is 0 Å². The molecule has 17 heavy (non-hydrogen) atoms. The summed E-state index contributed by atoms with van der Waals surface area (Å²) in [6, 6.07) is 1.99. The number of carbonyl (C=O) groups excluding carboxylic acids is 1. The molecule has 2 unspecified atom stereocenters. The lowest BCUT2D eigenvalue weighted by Crippen LogP contribution is -2.35. The average Bonchev–Trinajstić information content (AvgIpc) is 2.64. The number of carbonyl (C=O) groups is 1. The fourth-order valence-corrected chi connectivity index (χ4v) is 2.62. The van der Waals surface area contributed by atoms with Crippen LogP contribution in [0, 0.1) is 0 Å². The smallest absolute Gasteiger partial charge is 0.342 e. The molecular weight excluding hydrogens is 236 g/mol. The number of esters is 1. The Kier molecular flexibility index (Phi) is 2.64. The van der Waals surface area contributed by atoms with E-state index in [1.807, 2.05) is 44.5 Å². The van der Waals surface area contributed by atoms with Crippen LogP contribution in [0.25, 0.3) is 0 Å². The Morgan fingerprint density at radius 1 is 1.41 bits per heavy atom. The quantitative estimate of drug-likeness (QED) is 0.601. The molecule has 0 aliphatic carbocycles. The molecule has 0 amide bonds. The van der Waals surface area contributed by atoms with Crippen molar-refractivity contribution in [3.63, 3.8) is 0 Å². The molecule has 0 saturated carbocycles. The van der Waals surface area contributed by atoms with E-state index in [-0.39, 0.29) is 5.97 Å². The van der Waals surface area contributed by atoms with Gasteiger partial charge in [0.1, 0.15) is 11.2 Å². The third kappa shape index (κ3) is 2.00. The molecule has 3 nitrogen and oxygen atoms in total. The fraction of sp³-hybridized carbons (Fsp3) is 0.615. The zero-order chi connectivity index (χ0) is 12.9. The summed E-state index contributed by atoms with van der Waals surface area (Å²) in [7, 11) is 0. The van der Waals surface area contributed by atoms with Gasteiger partial charge in [-0.15, -0.1) is 0 Å². The molecule has 94 valence electrons. The van der Waals surface area contributed by atoms with Crippen molar-refractivity contribution in [1.29, 1.82) is 0 Å². The van der Waals surface area contributed by atoms with Crippen LogP contribution in [0.2, 0.25) is 0 Å². The highest BCUT2D eigenvalue weighted by Gasteiger charge is 2.71. The summed E-state index contributed by atoms with van der Waals surface area (Å²) in [5.74, 6) is -0.293. The van der Waals surface area contributed by atoms with E-state index in [2.05, 4.69) is 0 Å². The lowest BCUT2D eigenvalue weighted by Gasteiger charge is -2.22. The van der Waals surface area contributed by atoms with Crippen LogP contribution in [-0.4, -0.2) is 17.2 Å². The zero-order valence-corrected chi connectivity index (χ0v) is 11.7. The molecule has 0 spiro atoms. The van der Waals surface area contributed by atoms with Gasteiger partial charge < -0.3 is 9.47 Å². The highest BCUT2D eigenvalue weighted by Crippen LogP contribution is 2.56. The Balaban J connectivity index is 2.17. The van der Waals surface area contributed by atoms with E-state index in [4.69, 9.17) is 9.47 Å². The second-order valence-corrected chi connectivity index (χ2v) is 6.46. The zero-order valence-electron chi connectivity index (χ0n) is 10.9. The minimum atomic E-state index is -0.860. The molecular formula is C13H18O3S. The van der Waals surface area contributed by atoms with E-state index in [0.717, 1.165) is 5.56 Å². The summed E-state index contributed by atoms with van der Waals surface area (Å²) in [5.41, 5.74) is -0.853. The van der Waals surface area contributed by atoms with Crippen LogP contribution >= 0.6 is 11.3 Å². The molecule has 1 aromatic rings. The Hall–Kier alpha value is -0.870. The molecule has 0 aromatic carbocycles. The second-order valence-electron chi connectivity index (χ2n) is 5.68. The molecule has 1 fully saturated rings. The van der Waals surface area contributed by atoms with Gasteiger partial charge in [0.05, 0.1) is 0 Å². The maximum atomic E-state index is 12.1. The highest BCUT2D eigenvalue weighted by atomic mass is 32.1. The van der Waals surface area contributed by atoms with E-state index < -0.39 is 16.8 Å². The maximum Gasteiger partial charge on any atom is 0.342 e. The Labute approximate surface area is 106 Å². The summed E-state index contributed by atoms with van der Waals surface area (Å²) < 4.78 is 11.1. The number of rotatable bonds is 2. The number of hydrogen-bond acceptors (Lipinski definition) is 4. The third-order valence-electron chi connectivity index (χ3n) is 3.14. The Morgan fingerprint density at radius 3 is 2.53 bits per heavy atom. The molecule has 1 aliphatic heterocycles. The molecule has 1 aromatic heterocycles. The minimum absolute atomic E-state index is 0.293. The van der Waals surface area contributed by atoms with Gasteiger partial charge in [0.25, 0.3) is 0 Å². The van der Waals surface area contributed by atoms with Crippen LogP contribution < -0.4 is 0 Å². The van der Waals surface area contributed by atoms with E-state index >= 15 is 0 Å². The third-order valence-corrected chi connectivity index (χ3v) is 3.82. The second kappa shape index (κ2) is 3.56. The van der Waals surface area contributed by atoms with Crippen LogP contribution in [0.1, 0.15) is 40.2 Å². The Bertz CT molecular complexity index is 432. The van der Waals surface area contributed by atoms with E-state index in [9.17, 15) is 4.79 Å². The van der Waals surface area contributed by atoms with Crippen LogP contribution in [0.3, 0.4) is 0 Å². The van der Waals surface area contributed by atoms with Gasteiger partial charge in [0, 0.05) is 0 Å². The molecule has 1 saturated heterocycles. The maximum absolute atomic E-state index is 12.1. The minimum Gasteiger partial charge on any atom is -0.458 e. The van der Waals surface area contributed by atoms with Crippen LogP contribution in [-0.2, 0) is 19.9 Å². The van der Waals surface area contributed by atoms with Gasteiger partial charge >= 0.3 is 5.97 Å². The fourth-order valence-electron chi connectivity index (χ4n) is 1.86. The number of hydrogen-bond donors (Lipinski definition) is 0. The van der Waals surface area contributed by atoms with Crippen LogP contribution in [0.4, 0.5) is 0 Å². The first-order valence-corrected chi connectivity index (χ1v) is 6.60. The summed E-state index contributed by atoms with van der Waals surface area (Å²) >= 11 is 1.60. The SMILES string of the molecule is CC(C)(C)OC(=O)C1(C)OC1(C)c1ccsc1. The van der Waals surface area contributed by atoms with Crippen molar-refractivity contribution < 1.29 is 14.3 Å². The number of ether oxygens (including phenoxy) is 2. The van der Waals surface area contributed by atoms with Crippen LogP contribution in [0.15, 0.2) is 16.8 Å². The summed E-state index contributed by atoms with van der Waals surface area (Å²) in [4.78, 5) is 12.1. The monoisotopic (exact) mass is 254 g/mol. The largest absolute Gasteiger partial charge is 0.458 e. The average molecular weight is 254 g/mol. The summed E-state index contributed by atoms with van der Waals surface area (Å²) in [5, 5.41) is 3.99. The molecule has 0 N–H and O–H groups in total. The first-order valence-electron chi connectivity index (χ1n) is 5.65. The Morgan fingerprint density at radius 2 is 2.06 bits per heavy atom. The van der Waals surface area contributed by atoms with Crippen molar-refractivity contribution in [2.45, 2.75) is 51.4 Å². The van der Waals surface area contributed by atoms with Gasteiger partial charge in [-0.25, -0.2) is 4.79 Å². The van der Waals surface area contributed by atoms with Gasteiger partial charge in [-0.2, -0.15) is 11.3 Å². The molecule has 4 heteroatoms.